The van der Waals surface area contributed by atoms with Gasteiger partial charge in [-0.25, -0.2) is 0 Å². The van der Waals surface area contributed by atoms with Crippen LogP contribution in [0.2, 0.25) is 0 Å². The summed E-state index contributed by atoms with van der Waals surface area (Å²) in [5, 5.41) is 8.06. The zero-order chi connectivity index (χ0) is 46.0. The number of anilines is 6. The summed E-state index contributed by atoms with van der Waals surface area (Å²) in [6.07, 6.45) is 2.00. The van der Waals surface area contributed by atoms with E-state index in [0.717, 1.165) is 24.9 Å². The average Bonchev–Trinajstić information content (AvgIpc) is 4.02. The van der Waals surface area contributed by atoms with Gasteiger partial charge in [0.15, 0.2) is 0 Å². The van der Waals surface area contributed by atoms with Gasteiger partial charge >= 0.3 is 0 Å². The van der Waals surface area contributed by atoms with E-state index in [4.69, 9.17) is 0 Å². The molecule has 0 amide bonds. The highest BCUT2D eigenvalue weighted by atomic mass is 28.3. The van der Waals surface area contributed by atoms with Gasteiger partial charge in [0, 0.05) is 28.2 Å². The number of hydrogen-bond acceptors (Lipinski definition) is 2. The first-order valence-electron chi connectivity index (χ1n) is 24.9. The van der Waals surface area contributed by atoms with E-state index in [0.29, 0.717) is 0 Å². The normalized spacial score (nSPS) is 15.4. The van der Waals surface area contributed by atoms with E-state index in [1.807, 2.05) is 0 Å². The zero-order valence-corrected chi connectivity index (χ0v) is 39.8. The van der Waals surface area contributed by atoms with Crippen molar-refractivity contribution in [2.45, 2.75) is 30.3 Å². The molecule has 0 aromatic heterocycles. The second kappa shape index (κ2) is 15.1. The maximum absolute atomic E-state index is 2.58. The SMILES string of the molecule is c1ccc(-c2c3ccc(N4c5ccccc5[Si]5(Cc6ccccc6C5)c5ccccc54)cc3c(-c3ccccc3)c3ccc(N4c5ccccc5C5(Cc6ccccc6C5)c5ccccc54)cc23)cc1. The Morgan fingerprint density at radius 2 is 0.686 bits per heavy atom. The minimum absolute atomic E-state index is 0.131. The molecule has 3 heteroatoms. The van der Waals surface area contributed by atoms with E-state index in [2.05, 4.69) is 252 Å². The third kappa shape index (κ3) is 5.61. The van der Waals surface area contributed by atoms with Crippen LogP contribution in [0.4, 0.5) is 34.1 Å². The Labute approximate surface area is 410 Å². The Bertz CT molecular complexity index is 3520. The lowest BCUT2D eigenvalue weighted by atomic mass is 9.68. The van der Waals surface area contributed by atoms with Crippen molar-refractivity contribution >= 4 is 74.1 Å². The minimum Gasteiger partial charge on any atom is -0.311 e. The molecule has 0 saturated heterocycles. The highest BCUT2D eigenvalue weighted by molar-refractivity contribution is 7.04. The van der Waals surface area contributed by atoms with Gasteiger partial charge in [0.1, 0.15) is 8.07 Å². The number of rotatable bonds is 4. The lowest BCUT2D eigenvalue weighted by Gasteiger charge is -2.44. The molecule has 0 N–H and O–H groups in total. The monoisotopic (exact) mass is 908 g/mol. The predicted molar refractivity (Wildman–Crippen MR) is 295 cm³/mol. The van der Waals surface area contributed by atoms with Crippen LogP contribution in [-0.2, 0) is 30.3 Å². The first kappa shape index (κ1) is 39.7. The fourth-order valence-corrected chi connectivity index (χ4v) is 19.1. The Morgan fingerprint density at radius 1 is 0.314 bits per heavy atom. The van der Waals surface area contributed by atoms with E-state index in [-0.39, 0.29) is 5.41 Å². The van der Waals surface area contributed by atoms with Crippen molar-refractivity contribution in [3.05, 3.63) is 276 Å². The lowest BCUT2D eigenvalue weighted by molar-refractivity contribution is 0.543. The summed E-state index contributed by atoms with van der Waals surface area (Å²) in [6.45, 7) is 0. The second-order valence-corrected chi connectivity index (χ2v) is 24.0. The van der Waals surface area contributed by atoms with Gasteiger partial charge in [0.25, 0.3) is 0 Å². The number of fused-ring (bicyclic) bond motifs is 12. The summed E-state index contributed by atoms with van der Waals surface area (Å²) in [5.41, 5.74) is 21.1. The Kier molecular flexibility index (Phi) is 8.58. The maximum atomic E-state index is 2.58. The van der Waals surface area contributed by atoms with Crippen molar-refractivity contribution in [3.8, 4) is 22.3 Å². The molecule has 330 valence electrons. The molecule has 0 saturated carbocycles. The minimum atomic E-state index is -2.18. The molecule has 0 unspecified atom stereocenters. The standard InChI is InChI=1S/C67H48N2Si/c1-3-19-45(20-4-1)65-54-38-36-52(69-61-31-15-17-33-63(61)70(64-34-18-16-32-62(64)69)43-49-25-9-10-26-50(49)44-70)40-56(54)66(46-21-5-2-6-22-46)53-37-35-51(39-55(53)65)68-59-29-13-11-27-57(59)67(58-28-12-14-30-60(58)68)41-47-23-7-8-24-48(47)42-67/h1-40H,41-44H2. The van der Waals surface area contributed by atoms with Gasteiger partial charge in [0.05, 0.1) is 11.4 Å². The topological polar surface area (TPSA) is 6.48 Å². The fraction of sp³-hybridized carbons (Fsp3) is 0.0746. The zero-order valence-electron chi connectivity index (χ0n) is 38.8. The highest BCUT2D eigenvalue weighted by Crippen LogP contribution is 2.58. The van der Waals surface area contributed by atoms with Crippen LogP contribution in [0.15, 0.2) is 243 Å². The molecule has 3 aliphatic heterocycles. The Balaban J connectivity index is 0.967. The van der Waals surface area contributed by atoms with E-state index < -0.39 is 8.07 Å². The quantitative estimate of drug-likeness (QED) is 0.128. The van der Waals surface area contributed by atoms with Gasteiger partial charge in [-0.2, -0.15) is 0 Å². The number of benzene rings is 11. The smallest absolute Gasteiger partial charge is 0.132 e. The molecule has 0 bridgehead atoms. The number of hydrogen-bond donors (Lipinski definition) is 0. The van der Waals surface area contributed by atoms with E-state index in [9.17, 15) is 0 Å². The summed E-state index contributed by atoms with van der Waals surface area (Å²) in [5.74, 6) is 0. The van der Waals surface area contributed by atoms with Gasteiger partial charge in [0.2, 0.25) is 0 Å². The second-order valence-electron chi connectivity index (χ2n) is 20.1. The third-order valence-electron chi connectivity index (χ3n) is 16.6. The first-order valence-corrected chi connectivity index (χ1v) is 27.3. The largest absolute Gasteiger partial charge is 0.311 e. The summed E-state index contributed by atoms with van der Waals surface area (Å²) < 4.78 is 0. The van der Waals surface area contributed by atoms with Crippen LogP contribution in [0.3, 0.4) is 0 Å². The van der Waals surface area contributed by atoms with Crippen molar-refractivity contribution in [1.29, 1.82) is 0 Å². The number of nitrogens with zero attached hydrogens (tertiary/aromatic N) is 2. The van der Waals surface area contributed by atoms with Crippen LogP contribution in [-0.4, -0.2) is 8.07 Å². The predicted octanol–water partition coefficient (Wildman–Crippen LogP) is 15.4. The molecule has 0 radical (unpaired) electrons. The van der Waals surface area contributed by atoms with Gasteiger partial charge in [-0.3, -0.25) is 0 Å². The van der Waals surface area contributed by atoms with Crippen LogP contribution in [0.1, 0.15) is 33.4 Å². The van der Waals surface area contributed by atoms with Crippen molar-refractivity contribution in [2.24, 2.45) is 0 Å². The molecule has 15 rings (SSSR count). The van der Waals surface area contributed by atoms with Crippen LogP contribution >= 0.6 is 0 Å². The molecule has 2 spiro atoms. The molecular formula is C67H48N2Si. The molecular weight excluding hydrogens is 861 g/mol. The van der Waals surface area contributed by atoms with Gasteiger partial charge < -0.3 is 9.80 Å². The molecule has 11 aromatic rings. The molecule has 4 aliphatic rings. The molecule has 3 heterocycles. The first-order chi connectivity index (χ1) is 34.7. The molecule has 1 aliphatic carbocycles. The van der Waals surface area contributed by atoms with Crippen molar-refractivity contribution < 1.29 is 0 Å². The summed E-state index contributed by atoms with van der Waals surface area (Å²) in [7, 11) is -2.18. The summed E-state index contributed by atoms with van der Waals surface area (Å²) >= 11 is 0. The lowest BCUT2D eigenvalue weighted by Crippen LogP contribution is -2.64. The Morgan fingerprint density at radius 3 is 1.16 bits per heavy atom. The van der Waals surface area contributed by atoms with E-state index in [1.54, 1.807) is 0 Å². The summed E-state index contributed by atoms with van der Waals surface area (Å²) in [4.78, 5) is 5.13. The average molecular weight is 909 g/mol. The Hall–Kier alpha value is -8.24. The van der Waals surface area contributed by atoms with Crippen LogP contribution < -0.4 is 20.2 Å². The summed E-state index contributed by atoms with van der Waals surface area (Å²) in [6, 6.07) is 94.5. The molecule has 70 heavy (non-hydrogen) atoms. The van der Waals surface area contributed by atoms with Gasteiger partial charge in [-0.1, -0.05) is 194 Å². The molecule has 11 aromatic carbocycles. The van der Waals surface area contributed by atoms with E-state index in [1.165, 1.54) is 122 Å². The van der Waals surface area contributed by atoms with E-state index >= 15 is 0 Å². The van der Waals surface area contributed by atoms with Crippen molar-refractivity contribution in [2.75, 3.05) is 9.80 Å². The van der Waals surface area contributed by atoms with Gasteiger partial charge in [-0.15, -0.1) is 0 Å². The van der Waals surface area contributed by atoms with Crippen molar-refractivity contribution in [1.82, 2.24) is 0 Å². The maximum Gasteiger partial charge on any atom is 0.132 e. The van der Waals surface area contributed by atoms with Gasteiger partial charge in [-0.05, 0) is 161 Å². The van der Waals surface area contributed by atoms with Crippen LogP contribution in [0.5, 0.6) is 0 Å². The van der Waals surface area contributed by atoms with Crippen LogP contribution in [0, 0.1) is 0 Å². The van der Waals surface area contributed by atoms with Crippen LogP contribution in [0.25, 0.3) is 43.8 Å². The molecule has 2 nitrogen and oxygen atoms in total. The molecule has 0 atom stereocenters. The third-order valence-corrected chi connectivity index (χ3v) is 21.4. The fourth-order valence-electron chi connectivity index (χ4n) is 13.7. The van der Waals surface area contributed by atoms with Crippen molar-refractivity contribution in [3.63, 3.8) is 0 Å². The number of para-hydroxylation sites is 4. The molecule has 0 fully saturated rings. The highest BCUT2D eigenvalue weighted by Gasteiger charge is 2.50.